The van der Waals surface area contributed by atoms with Crippen molar-refractivity contribution in [1.82, 2.24) is 5.32 Å². The van der Waals surface area contributed by atoms with Gasteiger partial charge in [-0.25, -0.2) is 8.42 Å². The van der Waals surface area contributed by atoms with Gasteiger partial charge in [0.2, 0.25) is 0 Å². The molecule has 2 aliphatic rings. The van der Waals surface area contributed by atoms with Gasteiger partial charge in [0.15, 0.2) is 9.84 Å². The predicted octanol–water partition coefficient (Wildman–Crippen LogP) is 0.737. The fraction of sp³-hybridized carbons (Fsp3) is 1.00. The number of hydrogen-bond acceptors (Lipinski definition) is 5. The molecule has 1 N–H and O–H groups in total. The molecule has 2 fully saturated rings. The Morgan fingerprint density at radius 1 is 1.37 bits per heavy atom. The highest BCUT2D eigenvalue weighted by Crippen LogP contribution is 2.35. The van der Waals surface area contributed by atoms with Crippen LogP contribution in [0.1, 0.15) is 33.1 Å². The molecule has 19 heavy (non-hydrogen) atoms. The van der Waals surface area contributed by atoms with Crippen molar-refractivity contribution in [3.8, 4) is 0 Å². The fourth-order valence-electron chi connectivity index (χ4n) is 2.71. The first-order valence-electron chi connectivity index (χ1n) is 7.11. The minimum Gasteiger partial charge on any atom is -0.375 e. The summed E-state index contributed by atoms with van der Waals surface area (Å²) in [5.41, 5.74) is -0.0210. The minimum atomic E-state index is -3.00. The van der Waals surface area contributed by atoms with Crippen LogP contribution in [0.5, 0.6) is 0 Å². The van der Waals surface area contributed by atoms with Crippen molar-refractivity contribution in [3.05, 3.63) is 0 Å². The number of rotatable bonds is 5. The Morgan fingerprint density at radius 3 is 2.68 bits per heavy atom. The van der Waals surface area contributed by atoms with Crippen LogP contribution in [0.25, 0.3) is 0 Å². The van der Waals surface area contributed by atoms with E-state index in [0.717, 1.165) is 32.4 Å². The first-order chi connectivity index (χ1) is 8.94. The van der Waals surface area contributed by atoms with E-state index in [9.17, 15) is 8.42 Å². The summed E-state index contributed by atoms with van der Waals surface area (Å²) in [7, 11) is -3.00. The zero-order valence-corrected chi connectivity index (χ0v) is 12.7. The molecule has 2 aliphatic heterocycles. The number of sulfone groups is 1. The average molecular weight is 291 g/mol. The summed E-state index contributed by atoms with van der Waals surface area (Å²) in [6.45, 7) is 6.28. The van der Waals surface area contributed by atoms with E-state index >= 15 is 0 Å². The van der Waals surface area contributed by atoms with Crippen molar-refractivity contribution in [1.29, 1.82) is 0 Å². The third-order valence-electron chi connectivity index (χ3n) is 4.13. The highest BCUT2D eigenvalue weighted by atomic mass is 32.2. The third kappa shape index (κ3) is 3.90. The summed E-state index contributed by atoms with van der Waals surface area (Å²) < 4.78 is 35.0. The van der Waals surface area contributed by atoms with E-state index in [1.54, 1.807) is 13.8 Å². The average Bonchev–Trinajstić information content (AvgIpc) is 2.73. The fourth-order valence-corrected chi connectivity index (χ4v) is 3.51. The van der Waals surface area contributed by atoms with Gasteiger partial charge in [-0.1, -0.05) is 0 Å². The summed E-state index contributed by atoms with van der Waals surface area (Å²) >= 11 is 0. The van der Waals surface area contributed by atoms with Gasteiger partial charge in [0.25, 0.3) is 0 Å². The minimum absolute atomic E-state index is 0.0210. The van der Waals surface area contributed by atoms with Gasteiger partial charge in [0.1, 0.15) is 0 Å². The molecule has 5 nitrogen and oxygen atoms in total. The van der Waals surface area contributed by atoms with E-state index in [0.29, 0.717) is 6.61 Å². The van der Waals surface area contributed by atoms with E-state index in [4.69, 9.17) is 9.47 Å². The van der Waals surface area contributed by atoms with Crippen LogP contribution in [-0.4, -0.2) is 57.4 Å². The van der Waals surface area contributed by atoms with Crippen molar-refractivity contribution in [2.75, 3.05) is 32.1 Å². The Morgan fingerprint density at radius 2 is 2.05 bits per heavy atom. The highest BCUT2D eigenvalue weighted by molar-refractivity contribution is 7.91. The molecule has 6 heteroatoms. The maximum Gasteiger partial charge on any atom is 0.154 e. The van der Waals surface area contributed by atoms with Crippen LogP contribution in [0, 0.1) is 0 Å². The zero-order valence-electron chi connectivity index (χ0n) is 11.9. The second-order valence-corrected chi connectivity index (χ2v) is 8.53. The summed E-state index contributed by atoms with van der Waals surface area (Å²) in [5, 5.41) is 3.00. The summed E-state index contributed by atoms with van der Waals surface area (Å²) in [4.78, 5) is 0. The van der Waals surface area contributed by atoms with Crippen LogP contribution < -0.4 is 5.32 Å². The largest absolute Gasteiger partial charge is 0.375 e. The molecule has 2 saturated heterocycles. The first kappa shape index (κ1) is 15.2. The first-order valence-corrected chi connectivity index (χ1v) is 8.83. The summed E-state index contributed by atoms with van der Waals surface area (Å²) in [5.74, 6) is 0.107. The van der Waals surface area contributed by atoms with Crippen LogP contribution >= 0.6 is 0 Å². The van der Waals surface area contributed by atoms with Crippen molar-refractivity contribution < 1.29 is 17.9 Å². The number of hydrogen-bond donors (Lipinski definition) is 1. The van der Waals surface area contributed by atoms with Gasteiger partial charge in [-0.3, -0.25) is 0 Å². The molecule has 1 spiro atoms. The predicted molar refractivity (Wildman–Crippen MR) is 74.1 cm³/mol. The number of nitrogens with one attached hydrogen (secondary N) is 1. The maximum atomic E-state index is 11.7. The van der Waals surface area contributed by atoms with Gasteiger partial charge < -0.3 is 14.8 Å². The van der Waals surface area contributed by atoms with Crippen LogP contribution in [0.2, 0.25) is 0 Å². The van der Waals surface area contributed by atoms with E-state index in [-0.39, 0.29) is 29.3 Å². The lowest BCUT2D eigenvalue weighted by molar-refractivity contribution is -0.0228. The van der Waals surface area contributed by atoms with Gasteiger partial charge >= 0.3 is 0 Å². The molecule has 0 aromatic carbocycles. The van der Waals surface area contributed by atoms with Gasteiger partial charge in [0.05, 0.1) is 35.9 Å². The second-order valence-electron chi connectivity index (χ2n) is 5.86. The summed E-state index contributed by atoms with van der Waals surface area (Å²) in [6.07, 6.45) is 3.01. The molecule has 0 amide bonds. The van der Waals surface area contributed by atoms with Gasteiger partial charge in [-0.15, -0.1) is 0 Å². The standard InChI is InChI=1S/C13H25NO4S/c1-11(2)19(15,16)8-7-17-12-9-13(18-10-12)3-5-14-6-4-13/h11-12,14H,3-10H2,1-2H3. The van der Waals surface area contributed by atoms with Crippen LogP contribution in [0.15, 0.2) is 0 Å². The van der Waals surface area contributed by atoms with Crippen LogP contribution in [0.3, 0.4) is 0 Å². The van der Waals surface area contributed by atoms with Crippen molar-refractivity contribution >= 4 is 9.84 Å². The molecule has 0 radical (unpaired) electrons. The molecule has 0 bridgehead atoms. The molecule has 0 aromatic rings. The Hall–Kier alpha value is -0.170. The molecular formula is C13H25NO4S. The van der Waals surface area contributed by atoms with E-state index in [2.05, 4.69) is 5.32 Å². The van der Waals surface area contributed by atoms with E-state index in [1.807, 2.05) is 0 Å². The van der Waals surface area contributed by atoms with E-state index in [1.165, 1.54) is 0 Å². The van der Waals surface area contributed by atoms with E-state index < -0.39 is 9.84 Å². The molecule has 0 saturated carbocycles. The normalized spacial score (nSPS) is 27.2. The molecule has 112 valence electrons. The zero-order chi connectivity index (χ0) is 13.9. The Labute approximate surface area is 116 Å². The molecule has 2 rings (SSSR count). The smallest absolute Gasteiger partial charge is 0.154 e. The molecular weight excluding hydrogens is 266 g/mol. The number of piperidine rings is 1. The Kier molecular flexibility index (Phi) is 4.87. The number of ether oxygens (including phenoxy) is 2. The maximum absolute atomic E-state index is 11.7. The van der Waals surface area contributed by atoms with Crippen molar-refractivity contribution in [2.24, 2.45) is 0 Å². The lowest BCUT2D eigenvalue weighted by Crippen LogP contribution is -2.41. The molecule has 0 aromatic heterocycles. The summed E-state index contributed by atoms with van der Waals surface area (Å²) in [6, 6.07) is 0. The Bertz CT molecular complexity index is 387. The monoisotopic (exact) mass is 291 g/mol. The Balaban J connectivity index is 1.74. The lowest BCUT2D eigenvalue weighted by Gasteiger charge is -2.32. The van der Waals surface area contributed by atoms with Crippen molar-refractivity contribution in [2.45, 2.75) is 50.1 Å². The highest BCUT2D eigenvalue weighted by Gasteiger charge is 2.41. The van der Waals surface area contributed by atoms with Gasteiger partial charge in [-0.05, 0) is 39.8 Å². The van der Waals surface area contributed by atoms with Crippen LogP contribution in [-0.2, 0) is 19.3 Å². The third-order valence-corrected chi connectivity index (χ3v) is 6.30. The lowest BCUT2D eigenvalue weighted by atomic mass is 9.89. The van der Waals surface area contributed by atoms with Gasteiger partial charge in [-0.2, -0.15) is 0 Å². The van der Waals surface area contributed by atoms with Crippen molar-refractivity contribution in [3.63, 3.8) is 0 Å². The van der Waals surface area contributed by atoms with Gasteiger partial charge in [0, 0.05) is 6.42 Å². The molecule has 2 heterocycles. The SMILES string of the molecule is CC(C)S(=O)(=O)CCOC1COC2(CCNCC2)C1. The second kappa shape index (κ2) is 6.08. The quantitative estimate of drug-likeness (QED) is 0.809. The molecule has 0 aliphatic carbocycles. The molecule has 1 unspecified atom stereocenters. The van der Waals surface area contributed by atoms with Crippen LogP contribution in [0.4, 0.5) is 0 Å². The topological polar surface area (TPSA) is 64.6 Å². The molecule has 1 atom stereocenters.